The van der Waals surface area contributed by atoms with Crippen LogP contribution in [0.15, 0.2) is 30.5 Å². The zero-order valence-electron chi connectivity index (χ0n) is 15.5. The van der Waals surface area contributed by atoms with Crippen LogP contribution in [0.4, 0.5) is 0 Å². The number of benzene rings is 1. The summed E-state index contributed by atoms with van der Waals surface area (Å²) >= 11 is 0. The van der Waals surface area contributed by atoms with Crippen LogP contribution in [0.25, 0.3) is 0 Å². The van der Waals surface area contributed by atoms with Gasteiger partial charge in [0, 0.05) is 50.3 Å². The Morgan fingerprint density at radius 3 is 2.81 bits per heavy atom. The third-order valence-electron chi connectivity index (χ3n) is 5.69. The van der Waals surface area contributed by atoms with Gasteiger partial charge >= 0.3 is 0 Å². The number of rotatable bonds is 5. The maximum Gasteiger partial charge on any atom is 0.223 e. The van der Waals surface area contributed by atoms with E-state index in [1.165, 1.54) is 18.5 Å². The van der Waals surface area contributed by atoms with Crippen LogP contribution in [0.2, 0.25) is 0 Å². The molecule has 1 saturated heterocycles. The molecule has 0 saturated carbocycles. The van der Waals surface area contributed by atoms with E-state index < -0.39 is 0 Å². The number of aromatic nitrogens is 2. The molecule has 26 heavy (non-hydrogen) atoms. The Bertz CT molecular complexity index is 777. The Morgan fingerprint density at radius 2 is 2.00 bits per heavy atom. The second-order valence-electron chi connectivity index (χ2n) is 7.33. The van der Waals surface area contributed by atoms with Crippen molar-refractivity contribution in [1.29, 1.82) is 0 Å². The molecule has 2 aliphatic heterocycles. The van der Waals surface area contributed by atoms with Crippen molar-refractivity contribution in [1.82, 2.24) is 14.5 Å². The number of carbonyl (C=O) groups is 1. The van der Waals surface area contributed by atoms with Crippen LogP contribution < -0.4 is 4.74 Å². The SMILES string of the molecule is COc1cccc(C(CC(=O)N2CCCC2)c2cnc3n2CCCC3)c1. The standard InChI is InChI=1S/C21H27N3O2/c1-26-17-8-6-7-16(13-17)18(14-21(25)23-10-4-5-11-23)19-15-22-20-9-2-3-12-24(19)20/h6-8,13,15,18H,2-5,9-12,14H2,1H3. The molecule has 1 fully saturated rings. The number of nitrogens with zero attached hydrogens (tertiary/aromatic N) is 3. The molecule has 2 aromatic rings. The normalized spacial score (nSPS) is 17.8. The van der Waals surface area contributed by atoms with Crippen molar-refractivity contribution in [3.05, 3.63) is 47.5 Å². The molecule has 0 aliphatic carbocycles. The average molecular weight is 353 g/mol. The van der Waals surface area contributed by atoms with Crippen LogP contribution in [0.1, 0.15) is 55.1 Å². The largest absolute Gasteiger partial charge is 0.497 e. The van der Waals surface area contributed by atoms with E-state index in [0.717, 1.165) is 56.0 Å². The van der Waals surface area contributed by atoms with Gasteiger partial charge in [0.25, 0.3) is 0 Å². The lowest BCUT2D eigenvalue weighted by Crippen LogP contribution is -2.29. The number of ether oxygens (including phenoxy) is 1. The quantitative estimate of drug-likeness (QED) is 0.828. The maximum absolute atomic E-state index is 12.9. The fourth-order valence-corrected chi connectivity index (χ4v) is 4.24. The molecule has 0 bridgehead atoms. The van der Waals surface area contributed by atoms with E-state index in [1.54, 1.807) is 7.11 Å². The highest BCUT2D eigenvalue weighted by Gasteiger charge is 2.28. The highest BCUT2D eigenvalue weighted by atomic mass is 16.5. The number of aryl methyl sites for hydroxylation is 1. The summed E-state index contributed by atoms with van der Waals surface area (Å²) in [6, 6.07) is 8.13. The molecule has 0 N–H and O–H groups in total. The van der Waals surface area contributed by atoms with E-state index >= 15 is 0 Å². The van der Waals surface area contributed by atoms with Gasteiger partial charge in [-0.15, -0.1) is 0 Å². The van der Waals surface area contributed by atoms with Crippen LogP contribution >= 0.6 is 0 Å². The van der Waals surface area contributed by atoms with E-state index in [4.69, 9.17) is 4.74 Å². The summed E-state index contributed by atoms with van der Waals surface area (Å²) < 4.78 is 7.76. The van der Waals surface area contributed by atoms with Crippen molar-refractivity contribution in [2.75, 3.05) is 20.2 Å². The van der Waals surface area contributed by atoms with Crippen molar-refractivity contribution in [3.8, 4) is 5.75 Å². The minimum Gasteiger partial charge on any atom is -0.497 e. The second kappa shape index (κ2) is 7.52. The number of hydrogen-bond donors (Lipinski definition) is 0. The lowest BCUT2D eigenvalue weighted by atomic mass is 9.91. The molecule has 0 spiro atoms. The van der Waals surface area contributed by atoms with E-state index in [-0.39, 0.29) is 11.8 Å². The molecule has 2 aliphatic rings. The predicted octanol–water partition coefficient (Wildman–Crippen LogP) is 3.37. The Balaban J connectivity index is 1.68. The number of methoxy groups -OCH3 is 1. The number of imidazole rings is 1. The Hall–Kier alpha value is -2.30. The molecule has 4 rings (SSSR count). The van der Waals surface area contributed by atoms with Gasteiger partial charge in [-0.1, -0.05) is 12.1 Å². The average Bonchev–Trinajstić information content (AvgIpc) is 3.36. The Kier molecular flexibility index (Phi) is 4.96. The Morgan fingerprint density at radius 1 is 1.19 bits per heavy atom. The first-order valence-corrected chi connectivity index (χ1v) is 9.72. The summed E-state index contributed by atoms with van der Waals surface area (Å²) in [6.45, 7) is 2.80. The molecule has 1 unspecified atom stereocenters. The molecular weight excluding hydrogens is 326 g/mol. The summed E-state index contributed by atoms with van der Waals surface area (Å²) in [5.41, 5.74) is 2.30. The summed E-state index contributed by atoms with van der Waals surface area (Å²) in [5, 5.41) is 0. The van der Waals surface area contributed by atoms with Gasteiger partial charge in [-0.05, 0) is 43.4 Å². The third-order valence-corrected chi connectivity index (χ3v) is 5.69. The minimum absolute atomic E-state index is 0.0255. The van der Waals surface area contributed by atoms with Crippen molar-refractivity contribution >= 4 is 5.91 Å². The van der Waals surface area contributed by atoms with Gasteiger partial charge in [-0.2, -0.15) is 0 Å². The molecule has 1 aromatic carbocycles. The van der Waals surface area contributed by atoms with E-state index in [1.807, 2.05) is 23.2 Å². The molecular formula is C21H27N3O2. The first kappa shape index (κ1) is 17.1. The van der Waals surface area contributed by atoms with Crippen LogP contribution in [-0.2, 0) is 17.8 Å². The van der Waals surface area contributed by atoms with Gasteiger partial charge in [-0.25, -0.2) is 4.98 Å². The van der Waals surface area contributed by atoms with Gasteiger partial charge in [-0.3, -0.25) is 4.79 Å². The van der Waals surface area contributed by atoms with Gasteiger partial charge in [0.2, 0.25) is 5.91 Å². The van der Waals surface area contributed by atoms with Gasteiger partial charge in [0.1, 0.15) is 11.6 Å². The molecule has 0 radical (unpaired) electrons. The molecule has 5 heteroatoms. The van der Waals surface area contributed by atoms with Crippen molar-refractivity contribution < 1.29 is 9.53 Å². The zero-order valence-corrected chi connectivity index (χ0v) is 15.5. The highest BCUT2D eigenvalue weighted by Crippen LogP contribution is 2.33. The second-order valence-corrected chi connectivity index (χ2v) is 7.33. The maximum atomic E-state index is 12.9. The summed E-state index contributed by atoms with van der Waals surface area (Å²) in [4.78, 5) is 19.6. The zero-order chi connectivity index (χ0) is 17.9. The highest BCUT2D eigenvalue weighted by molar-refractivity contribution is 5.78. The minimum atomic E-state index is 0.0255. The Labute approximate surface area is 155 Å². The summed E-state index contributed by atoms with van der Waals surface area (Å²) in [6.07, 6.45) is 8.15. The molecule has 1 amide bonds. The first-order chi connectivity index (χ1) is 12.8. The van der Waals surface area contributed by atoms with Crippen LogP contribution in [0, 0.1) is 0 Å². The molecule has 3 heterocycles. The molecule has 5 nitrogen and oxygen atoms in total. The van der Waals surface area contributed by atoms with E-state index in [9.17, 15) is 4.79 Å². The topological polar surface area (TPSA) is 47.4 Å². The lowest BCUT2D eigenvalue weighted by molar-refractivity contribution is -0.130. The van der Waals surface area contributed by atoms with Crippen LogP contribution in [-0.4, -0.2) is 40.6 Å². The van der Waals surface area contributed by atoms with Crippen molar-refractivity contribution in [3.63, 3.8) is 0 Å². The van der Waals surface area contributed by atoms with E-state index in [2.05, 4.69) is 21.7 Å². The number of fused-ring (bicyclic) bond motifs is 1. The molecule has 1 aromatic heterocycles. The van der Waals surface area contributed by atoms with Gasteiger partial charge < -0.3 is 14.2 Å². The van der Waals surface area contributed by atoms with Gasteiger partial charge in [0.15, 0.2) is 0 Å². The predicted molar refractivity (Wildman–Crippen MR) is 100 cm³/mol. The smallest absolute Gasteiger partial charge is 0.223 e. The summed E-state index contributed by atoms with van der Waals surface area (Å²) in [5.74, 6) is 2.27. The molecule has 138 valence electrons. The molecule has 1 atom stereocenters. The number of hydrogen-bond acceptors (Lipinski definition) is 3. The number of likely N-dealkylation sites (tertiary alicyclic amines) is 1. The summed E-state index contributed by atoms with van der Waals surface area (Å²) in [7, 11) is 1.68. The third kappa shape index (κ3) is 3.35. The van der Waals surface area contributed by atoms with E-state index in [0.29, 0.717) is 6.42 Å². The number of carbonyl (C=O) groups excluding carboxylic acids is 1. The first-order valence-electron chi connectivity index (χ1n) is 9.72. The fourth-order valence-electron chi connectivity index (χ4n) is 4.24. The monoisotopic (exact) mass is 353 g/mol. The number of amides is 1. The van der Waals surface area contributed by atoms with Gasteiger partial charge in [0.05, 0.1) is 7.11 Å². The fraction of sp³-hybridized carbons (Fsp3) is 0.524. The van der Waals surface area contributed by atoms with Crippen molar-refractivity contribution in [2.24, 2.45) is 0 Å². The van der Waals surface area contributed by atoms with Crippen molar-refractivity contribution in [2.45, 2.75) is 51.0 Å². The van der Waals surface area contributed by atoms with Crippen LogP contribution in [0.5, 0.6) is 5.75 Å². The van der Waals surface area contributed by atoms with Crippen LogP contribution in [0.3, 0.4) is 0 Å². The lowest BCUT2D eigenvalue weighted by Gasteiger charge is -2.24.